The van der Waals surface area contributed by atoms with Gasteiger partial charge in [-0.15, -0.1) is 0 Å². The van der Waals surface area contributed by atoms with E-state index in [1.54, 1.807) is 11.3 Å². The summed E-state index contributed by atoms with van der Waals surface area (Å²) in [4.78, 5) is 4.73. The Balaban J connectivity index is 1.97. The Kier molecular flexibility index (Phi) is 4.32. The minimum Gasteiger partial charge on any atom is -0.344 e. The quantitative estimate of drug-likeness (QED) is 0.855. The molecule has 114 valence electrons. The van der Waals surface area contributed by atoms with Gasteiger partial charge in [0, 0.05) is 42.7 Å². The highest BCUT2D eigenvalue weighted by Gasteiger charge is 2.19. The molecule has 0 aliphatic carbocycles. The third kappa shape index (κ3) is 2.99. The van der Waals surface area contributed by atoms with E-state index in [4.69, 9.17) is 0 Å². The molecular weight excluding hydrogens is 258 g/mol. The molecular formula is C18H27N3. The van der Waals surface area contributed by atoms with Crippen molar-refractivity contribution in [3.8, 4) is 0 Å². The largest absolute Gasteiger partial charge is 0.344 e. The summed E-state index contributed by atoms with van der Waals surface area (Å²) >= 11 is 0. The van der Waals surface area contributed by atoms with Crippen LogP contribution in [0, 0.1) is 0 Å². The Hall–Kier alpha value is -1.32. The number of rotatable bonds is 4. The first-order valence-corrected chi connectivity index (χ1v) is 8.09. The zero-order valence-corrected chi connectivity index (χ0v) is 13.6. The van der Waals surface area contributed by atoms with Gasteiger partial charge in [-0.2, -0.15) is 0 Å². The Morgan fingerprint density at radius 1 is 1.10 bits per heavy atom. The molecule has 0 atom stereocenters. The van der Waals surface area contributed by atoms with Gasteiger partial charge in [-0.1, -0.05) is 18.2 Å². The predicted molar refractivity (Wildman–Crippen MR) is 90.0 cm³/mol. The number of hydrogen-bond donors (Lipinski definition) is 0. The lowest BCUT2D eigenvalue weighted by atomic mass is 10.1. The summed E-state index contributed by atoms with van der Waals surface area (Å²) in [7, 11) is 6.55. The second kappa shape index (κ2) is 6.20. The molecule has 0 saturated heterocycles. The molecule has 0 unspecified atom stereocenters. The second-order valence-electron chi connectivity index (χ2n) is 6.55. The molecule has 2 heterocycles. The molecule has 2 aromatic rings. The highest BCUT2D eigenvalue weighted by atomic mass is 15.1. The van der Waals surface area contributed by atoms with Gasteiger partial charge in [-0.25, -0.2) is 0 Å². The summed E-state index contributed by atoms with van der Waals surface area (Å²) in [6.07, 6.45) is 3.59. The van der Waals surface area contributed by atoms with E-state index in [9.17, 15) is 0 Å². The molecule has 21 heavy (non-hydrogen) atoms. The fourth-order valence-electron chi connectivity index (χ4n) is 3.50. The molecule has 1 aliphatic heterocycles. The highest BCUT2D eigenvalue weighted by molar-refractivity contribution is 5.85. The van der Waals surface area contributed by atoms with Crippen molar-refractivity contribution in [3.05, 3.63) is 35.5 Å². The number of hydrogen-bond acceptors (Lipinski definition) is 2. The third-order valence-electron chi connectivity index (χ3n) is 4.66. The van der Waals surface area contributed by atoms with Crippen LogP contribution in [0.25, 0.3) is 10.9 Å². The standard InChI is InChI=1S/C18H27N3/c1-19(2)11-6-12-21-17-8-5-4-7-15(17)16-9-13-20(3)14-10-18(16)21/h4-5,7-8H,6,9-14H2,1-3H3. The van der Waals surface area contributed by atoms with Crippen LogP contribution in [-0.4, -0.2) is 55.1 Å². The van der Waals surface area contributed by atoms with Crippen LogP contribution in [0.3, 0.4) is 0 Å². The second-order valence-corrected chi connectivity index (χ2v) is 6.55. The first-order chi connectivity index (χ1) is 10.2. The van der Waals surface area contributed by atoms with Gasteiger partial charge in [-0.3, -0.25) is 0 Å². The summed E-state index contributed by atoms with van der Waals surface area (Å²) in [5.74, 6) is 0. The molecule has 0 radical (unpaired) electrons. The lowest BCUT2D eigenvalue weighted by molar-refractivity contribution is 0.349. The number of para-hydroxylation sites is 1. The lowest BCUT2D eigenvalue weighted by Gasteiger charge is -2.15. The number of aryl methyl sites for hydroxylation is 1. The van der Waals surface area contributed by atoms with Gasteiger partial charge in [0.1, 0.15) is 0 Å². The van der Waals surface area contributed by atoms with E-state index in [1.807, 2.05) is 0 Å². The highest BCUT2D eigenvalue weighted by Crippen LogP contribution is 2.29. The molecule has 1 aliphatic rings. The number of aromatic nitrogens is 1. The predicted octanol–water partition coefficient (Wildman–Crippen LogP) is 2.62. The van der Waals surface area contributed by atoms with Crippen molar-refractivity contribution in [2.24, 2.45) is 0 Å². The molecule has 3 nitrogen and oxygen atoms in total. The van der Waals surface area contributed by atoms with Crippen molar-refractivity contribution in [2.75, 3.05) is 40.8 Å². The number of fused-ring (bicyclic) bond motifs is 3. The summed E-state index contributed by atoms with van der Waals surface area (Å²) in [6.45, 7) is 4.65. The van der Waals surface area contributed by atoms with Crippen molar-refractivity contribution in [1.29, 1.82) is 0 Å². The minimum absolute atomic E-state index is 1.14. The van der Waals surface area contributed by atoms with E-state index < -0.39 is 0 Å². The van der Waals surface area contributed by atoms with Crippen LogP contribution in [0.1, 0.15) is 17.7 Å². The molecule has 3 heteroatoms. The Morgan fingerprint density at radius 3 is 2.67 bits per heavy atom. The topological polar surface area (TPSA) is 11.4 Å². The van der Waals surface area contributed by atoms with Crippen LogP contribution in [0.15, 0.2) is 24.3 Å². The first kappa shape index (κ1) is 14.6. The fourth-order valence-corrected chi connectivity index (χ4v) is 3.50. The van der Waals surface area contributed by atoms with Gasteiger partial charge in [0.25, 0.3) is 0 Å². The van der Waals surface area contributed by atoms with E-state index in [1.165, 1.54) is 43.3 Å². The van der Waals surface area contributed by atoms with Crippen LogP contribution in [0.2, 0.25) is 0 Å². The van der Waals surface area contributed by atoms with E-state index in [0.717, 1.165) is 13.1 Å². The molecule has 3 rings (SSSR count). The van der Waals surface area contributed by atoms with Gasteiger partial charge < -0.3 is 14.4 Å². The van der Waals surface area contributed by atoms with Gasteiger partial charge in [-0.05, 0) is 52.2 Å². The Morgan fingerprint density at radius 2 is 1.86 bits per heavy atom. The van der Waals surface area contributed by atoms with E-state index >= 15 is 0 Å². The molecule has 1 aromatic heterocycles. The van der Waals surface area contributed by atoms with Gasteiger partial charge >= 0.3 is 0 Å². The zero-order valence-electron chi connectivity index (χ0n) is 13.6. The van der Waals surface area contributed by atoms with E-state index in [-0.39, 0.29) is 0 Å². The molecule has 0 amide bonds. The third-order valence-corrected chi connectivity index (χ3v) is 4.66. The normalized spacial score (nSPS) is 16.4. The maximum Gasteiger partial charge on any atom is 0.0485 e. The number of benzene rings is 1. The average molecular weight is 285 g/mol. The molecule has 0 bridgehead atoms. The van der Waals surface area contributed by atoms with Crippen LogP contribution in [0.5, 0.6) is 0 Å². The van der Waals surface area contributed by atoms with Gasteiger partial charge in [0.05, 0.1) is 0 Å². The lowest BCUT2D eigenvalue weighted by Crippen LogP contribution is -2.21. The van der Waals surface area contributed by atoms with Gasteiger partial charge in [0.15, 0.2) is 0 Å². The van der Waals surface area contributed by atoms with Crippen molar-refractivity contribution >= 4 is 10.9 Å². The monoisotopic (exact) mass is 285 g/mol. The fraction of sp³-hybridized carbons (Fsp3) is 0.556. The van der Waals surface area contributed by atoms with E-state index in [2.05, 4.69) is 59.8 Å². The molecule has 1 aromatic carbocycles. The van der Waals surface area contributed by atoms with Crippen LogP contribution in [0.4, 0.5) is 0 Å². The van der Waals surface area contributed by atoms with Crippen molar-refractivity contribution in [1.82, 2.24) is 14.4 Å². The smallest absolute Gasteiger partial charge is 0.0485 e. The number of nitrogens with zero attached hydrogens (tertiary/aromatic N) is 3. The average Bonchev–Trinajstić information content (AvgIpc) is 2.62. The Labute approximate surface area is 128 Å². The maximum absolute atomic E-state index is 2.59. The van der Waals surface area contributed by atoms with E-state index in [0.29, 0.717) is 0 Å². The molecule has 0 saturated carbocycles. The summed E-state index contributed by atoms with van der Waals surface area (Å²) < 4.78 is 2.59. The van der Waals surface area contributed by atoms with Crippen LogP contribution >= 0.6 is 0 Å². The Bertz CT molecular complexity index is 612. The molecule has 0 N–H and O–H groups in total. The van der Waals surface area contributed by atoms with Crippen LogP contribution < -0.4 is 0 Å². The summed E-state index contributed by atoms with van der Waals surface area (Å²) in [5.41, 5.74) is 4.62. The number of likely N-dealkylation sites (N-methyl/N-ethyl adjacent to an activating group) is 1. The van der Waals surface area contributed by atoms with Crippen molar-refractivity contribution in [3.63, 3.8) is 0 Å². The zero-order chi connectivity index (χ0) is 14.8. The molecule has 0 spiro atoms. The van der Waals surface area contributed by atoms with Crippen LogP contribution in [-0.2, 0) is 19.4 Å². The first-order valence-electron chi connectivity index (χ1n) is 8.09. The minimum atomic E-state index is 1.14. The maximum atomic E-state index is 2.59. The van der Waals surface area contributed by atoms with Gasteiger partial charge in [0.2, 0.25) is 0 Å². The summed E-state index contributed by atoms with van der Waals surface area (Å²) in [6, 6.07) is 8.96. The molecule has 0 fully saturated rings. The van der Waals surface area contributed by atoms with Crippen molar-refractivity contribution < 1.29 is 0 Å². The summed E-state index contributed by atoms with van der Waals surface area (Å²) in [5, 5.41) is 1.48. The van der Waals surface area contributed by atoms with Crippen molar-refractivity contribution in [2.45, 2.75) is 25.8 Å². The SMILES string of the molecule is CN(C)CCCn1c2c(c3ccccc31)CCN(C)CC2.